The summed E-state index contributed by atoms with van der Waals surface area (Å²) < 4.78 is 23.1. The molecule has 0 amide bonds. The molecule has 0 bridgehead atoms. The number of rotatable bonds is 2. The summed E-state index contributed by atoms with van der Waals surface area (Å²) in [5, 5.41) is 0. The van der Waals surface area contributed by atoms with E-state index in [1.807, 2.05) is 0 Å². The lowest BCUT2D eigenvalue weighted by atomic mass is 10.3. The SMILES string of the molecule is CC[Si]1(CC)OC2CS(=O)CC2O1. The minimum absolute atomic E-state index is 0.146. The molecular weight excluding hydrogens is 204 g/mol. The quantitative estimate of drug-likeness (QED) is 0.652. The van der Waals surface area contributed by atoms with Crippen molar-refractivity contribution in [1.29, 1.82) is 0 Å². The second-order valence-corrected chi connectivity index (χ2v) is 8.96. The maximum atomic E-state index is 11.2. The van der Waals surface area contributed by atoms with Gasteiger partial charge < -0.3 is 8.85 Å². The maximum absolute atomic E-state index is 11.2. The van der Waals surface area contributed by atoms with Gasteiger partial charge in [-0.15, -0.1) is 0 Å². The van der Waals surface area contributed by atoms with Gasteiger partial charge in [0, 0.05) is 10.8 Å². The number of hydrogen-bond acceptors (Lipinski definition) is 3. The van der Waals surface area contributed by atoms with Crippen LogP contribution >= 0.6 is 0 Å². The van der Waals surface area contributed by atoms with E-state index in [2.05, 4.69) is 13.8 Å². The molecule has 0 aromatic rings. The predicted molar refractivity (Wildman–Crippen MR) is 54.3 cm³/mol. The summed E-state index contributed by atoms with van der Waals surface area (Å²) in [5.74, 6) is 1.39. The van der Waals surface area contributed by atoms with E-state index in [9.17, 15) is 4.21 Å². The third kappa shape index (κ3) is 1.62. The Morgan fingerprint density at radius 1 is 1.23 bits per heavy atom. The van der Waals surface area contributed by atoms with Crippen molar-refractivity contribution >= 4 is 19.4 Å². The molecule has 2 atom stereocenters. The number of hydrogen-bond donors (Lipinski definition) is 0. The van der Waals surface area contributed by atoms with Gasteiger partial charge in [-0.1, -0.05) is 13.8 Å². The molecular formula is C8H16O3SSi. The van der Waals surface area contributed by atoms with E-state index in [4.69, 9.17) is 8.85 Å². The molecule has 2 fully saturated rings. The lowest BCUT2D eigenvalue weighted by molar-refractivity contribution is 0.205. The van der Waals surface area contributed by atoms with Crippen LogP contribution in [0, 0.1) is 0 Å². The van der Waals surface area contributed by atoms with Crippen LogP contribution in [0.5, 0.6) is 0 Å². The average molecular weight is 220 g/mol. The molecule has 0 radical (unpaired) electrons. The fourth-order valence-corrected chi connectivity index (χ4v) is 6.50. The molecule has 2 heterocycles. The Labute approximate surface area is 82.5 Å². The Hall–Kier alpha value is 0.287. The summed E-state index contributed by atoms with van der Waals surface area (Å²) in [6.07, 6.45) is 0.291. The highest BCUT2D eigenvalue weighted by atomic mass is 32.2. The van der Waals surface area contributed by atoms with Gasteiger partial charge in [0.1, 0.15) is 0 Å². The van der Waals surface area contributed by atoms with Crippen molar-refractivity contribution in [2.24, 2.45) is 0 Å². The zero-order valence-corrected chi connectivity index (χ0v) is 9.93. The highest BCUT2D eigenvalue weighted by Gasteiger charge is 2.51. The van der Waals surface area contributed by atoms with Gasteiger partial charge in [-0.05, 0) is 12.1 Å². The Kier molecular flexibility index (Phi) is 2.61. The molecule has 0 aromatic heterocycles. The summed E-state index contributed by atoms with van der Waals surface area (Å²) in [6, 6.07) is 2.03. The topological polar surface area (TPSA) is 35.5 Å². The van der Waals surface area contributed by atoms with Crippen molar-refractivity contribution in [3.8, 4) is 0 Å². The molecule has 3 nitrogen and oxygen atoms in total. The Morgan fingerprint density at radius 2 is 1.69 bits per heavy atom. The summed E-state index contributed by atoms with van der Waals surface area (Å²) in [6.45, 7) is 4.27. The van der Waals surface area contributed by atoms with Gasteiger partial charge in [-0.3, -0.25) is 4.21 Å². The van der Waals surface area contributed by atoms with Gasteiger partial charge in [0.15, 0.2) is 0 Å². The highest BCUT2D eigenvalue weighted by Crippen LogP contribution is 2.34. The van der Waals surface area contributed by atoms with Crippen molar-refractivity contribution in [2.75, 3.05) is 11.5 Å². The summed E-state index contributed by atoms with van der Waals surface area (Å²) in [7, 11) is -2.54. The van der Waals surface area contributed by atoms with E-state index in [1.54, 1.807) is 0 Å². The third-order valence-corrected chi connectivity index (χ3v) is 7.94. The lowest BCUT2D eigenvalue weighted by Gasteiger charge is -2.21. The average Bonchev–Trinajstić information content (AvgIpc) is 2.59. The molecule has 0 N–H and O–H groups in total. The largest absolute Gasteiger partial charge is 0.387 e. The van der Waals surface area contributed by atoms with Gasteiger partial charge in [0.05, 0.1) is 23.7 Å². The van der Waals surface area contributed by atoms with Crippen molar-refractivity contribution in [2.45, 2.75) is 38.1 Å². The van der Waals surface area contributed by atoms with Crippen LogP contribution in [0.2, 0.25) is 12.1 Å². The van der Waals surface area contributed by atoms with E-state index >= 15 is 0 Å². The molecule has 0 saturated carbocycles. The molecule has 0 spiro atoms. The lowest BCUT2D eigenvalue weighted by Crippen LogP contribution is -2.36. The highest BCUT2D eigenvalue weighted by molar-refractivity contribution is 7.85. The van der Waals surface area contributed by atoms with Gasteiger partial charge in [0.2, 0.25) is 0 Å². The monoisotopic (exact) mass is 220 g/mol. The molecule has 13 heavy (non-hydrogen) atoms. The Morgan fingerprint density at radius 3 is 2.08 bits per heavy atom. The molecule has 2 aliphatic rings. The first kappa shape index (κ1) is 9.83. The van der Waals surface area contributed by atoms with Crippen molar-refractivity contribution in [1.82, 2.24) is 0 Å². The van der Waals surface area contributed by atoms with Gasteiger partial charge in [0.25, 0.3) is 0 Å². The number of fused-ring (bicyclic) bond motifs is 1. The Bertz CT molecular complexity index is 211. The van der Waals surface area contributed by atoms with Crippen molar-refractivity contribution in [3.63, 3.8) is 0 Å². The summed E-state index contributed by atoms with van der Waals surface area (Å²) in [5.41, 5.74) is 0. The molecule has 76 valence electrons. The molecule has 2 unspecified atom stereocenters. The summed E-state index contributed by atoms with van der Waals surface area (Å²) in [4.78, 5) is 0. The summed E-state index contributed by atoms with van der Waals surface area (Å²) >= 11 is 0. The van der Waals surface area contributed by atoms with E-state index in [0.717, 1.165) is 12.1 Å². The van der Waals surface area contributed by atoms with Crippen LogP contribution in [0.25, 0.3) is 0 Å². The standard InChI is InChI=1S/C8H16O3SSi/c1-3-13(4-2)10-7-5-12(9)6-8(7)11-13/h7-8H,3-6H2,1-2H3. The van der Waals surface area contributed by atoms with Crippen LogP contribution in [0.4, 0.5) is 0 Å². The Balaban J connectivity index is 2.07. The normalized spacial score (nSPS) is 42.2. The fraction of sp³-hybridized carbons (Fsp3) is 1.00. The van der Waals surface area contributed by atoms with Crippen LogP contribution < -0.4 is 0 Å². The van der Waals surface area contributed by atoms with Crippen molar-refractivity contribution < 1.29 is 13.1 Å². The molecule has 0 aromatic carbocycles. The van der Waals surface area contributed by atoms with Gasteiger partial charge in [-0.25, -0.2) is 0 Å². The second-order valence-electron chi connectivity index (χ2n) is 3.70. The fourth-order valence-electron chi connectivity index (χ4n) is 2.03. The second kappa shape index (κ2) is 3.45. The smallest absolute Gasteiger partial charge is 0.338 e. The van der Waals surface area contributed by atoms with Gasteiger partial charge in [-0.2, -0.15) is 0 Å². The first-order valence-corrected chi connectivity index (χ1v) is 8.61. The van der Waals surface area contributed by atoms with Crippen LogP contribution in [0.15, 0.2) is 0 Å². The van der Waals surface area contributed by atoms with E-state index in [0.29, 0.717) is 11.5 Å². The third-order valence-electron chi connectivity index (χ3n) is 2.92. The van der Waals surface area contributed by atoms with Crippen molar-refractivity contribution in [3.05, 3.63) is 0 Å². The zero-order valence-electron chi connectivity index (χ0n) is 8.12. The van der Waals surface area contributed by atoms with Crippen LogP contribution in [0.3, 0.4) is 0 Å². The van der Waals surface area contributed by atoms with Crippen LogP contribution in [-0.2, 0) is 19.7 Å². The first-order chi connectivity index (χ1) is 6.19. The van der Waals surface area contributed by atoms with Gasteiger partial charge >= 0.3 is 8.56 Å². The predicted octanol–water partition coefficient (Wildman–Crippen LogP) is 1.01. The zero-order chi connectivity index (χ0) is 9.47. The minimum Gasteiger partial charge on any atom is -0.387 e. The van der Waals surface area contributed by atoms with E-state index in [1.165, 1.54) is 0 Å². The molecule has 5 heteroatoms. The van der Waals surface area contributed by atoms with E-state index in [-0.39, 0.29) is 12.2 Å². The van der Waals surface area contributed by atoms with E-state index < -0.39 is 19.4 Å². The molecule has 2 aliphatic heterocycles. The molecule has 2 saturated heterocycles. The van der Waals surface area contributed by atoms with Crippen LogP contribution in [0.1, 0.15) is 13.8 Å². The maximum Gasteiger partial charge on any atom is 0.338 e. The molecule has 0 aliphatic carbocycles. The van der Waals surface area contributed by atoms with Crippen LogP contribution in [-0.4, -0.2) is 36.5 Å². The molecule has 2 rings (SSSR count). The minimum atomic E-state index is -1.84. The first-order valence-electron chi connectivity index (χ1n) is 4.89.